The van der Waals surface area contributed by atoms with E-state index in [0.29, 0.717) is 18.5 Å². The number of amides is 2. The monoisotopic (exact) mass is 612 g/mol. The quantitative estimate of drug-likeness (QED) is 0.495. The van der Waals surface area contributed by atoms with Gasteiger partial charge in [0.1, 0.15) is 5.67 Å². The number of halogens is 4. The number of primary amides is 1. The molecule has 0 radical (unpaired) electrons. The molecule has 6 fully saturated rings. The molecule has 0 aromatic carbocycles. The second kappa shape index (κ2) is 8.85. The smallest absolute Gasteiger partial charge is 0.369 e. The van der Waals surface area contributed by atoms with Crippen LogP contribution in [0.15, 0.2) is 12.4 Å². The lowest BCUT2D eigenvalue weighted by atomic mass is 9.42. The van der Waals surface area contributed by atoms with E-state index in [1.807, 2.05) is 0 Å². The highest BCUT2D eigenvalue weighted by Crippen LogP contribution is 2.70. The summed E-state index contributed by atoms with van der Waals surface area (Å²) in [6.07, 6.45) is 0.721. The van der Waals surface area contributed by atoms with Crippen LogP contribution in [0.5, 0.6) is 0 Å². The molecule has 2 atom stereocenters. The highest BCUT2D eigenvalue weighted by atomic mass is 32.2. The zero-order valence-corrected chi connectivity index (χ0v) is 23.6. The van der Waals surface area contributed by atoms with Crippen molar-refractivity contribution in [2.45, 2.75) is 81.6 Å². The van der Waals surface area contributed by atoms with Crippen LogP contribution >= 0.6 is 0 Å². The minimum Gasteiger partial charge on any atom is -0.369 e. The third-order valence-electron chi connectivity index (χ3n) is 10.6. The number of hydrogen-bond donors (Lipinski definition) is 1. The number of aromatic nitrogens is 4. The molecule has 2 N–H and O–H groups in total. The van der Waals surface area contributed by atoms with Crippen LogP contribution in [0.4, 0.5) is 17.6 Å². The number of imidazole rings is 1. The molecule has 5 saturated carbocycles. The van der Waals surface area contributed by atoms with Crippen LogP contribution in [-0.4, -0.2) is 74.6 Å². The van der Waals surface area contributed by atoms with Crippen molar-refractivity contribution < 1.29 is 35.6 Å². The summed E-state index contributed by atoms with van der Waals surface area (Å²) in [7, 11) is -3.49. The third-order valence-corrected chi connectivity index (χ3v) is 12.2. The first-order valence-electron chi connectivity index (χ1n) is 14.4. The van der Waals surface area contributed by atoms with Gasteiger partial charge in [-0.15, -0.1) is 0 Å². The van der Waals surface area contributed by atoms with Crippen molar-refractivity contribution in [2.75, 3.05) is 18.1 Å². The molecule has 1 saturated heterocycles. The second-order valence-electron chi connectivity index (χ2n) is 13.3. The highest BCUT2D eigenvalue weighted by molar-refractivity contribution is 7.91. The summed E-state index contributed by atoms with van der Waals surface area (Å²) < 4.78 is 80.8. The van der Waals surface area contributed by atoms with Gasteiger partial charge in [-0.1, -0.05) is 0 Å². The number of fused-ring (bicyclic) bond motifs is 1. The van der Waals surface area contributed by atoms with Gasteiger partial charge in [0.2, 0.25) is 11.8 Å². The van der Waals surface area contributed by atoms with Crippen molar-refractivity contribution in [1.82, 2.24) is 24.5 Å². The molecule has 0 unspecified atom stereocenters. The molecule has 228 valence electrons. The summed E-state index contributed by atoms with van der Waals surface area (Å²) in [5.74, 6) is -3.28. The van der Waals surface area contributed by atoms with E-state index in [2.05, 4.69) is 15.1 Å². The zero-order chi connectivity index (χ0) is 29.9. The lowest BCUT2D eigenvalue weighted by Crippen LogP contribution is -2.71. The van der Waals surface area contributed by atoms with Gasteiger partial charge < -0.3 is 10.6 Å². The predicted octanol–water partition coefficient (Wildman–Crippen LogP) is 3.03. The molecule has 2 aromatic rings. The number of nitrogens with two attached hydrogens (primary N) is 1. The van der Waals surface area contributed by atoms with Gasteiger partial charge >= 0.3 is 6.18 Å². The van der Waals surface area contributed by atoms with Crippen LogP contribution in [0.1, 0.15) is 81.1 Å². The van der Waals surface area contributed by atoms with Gasteiger partial charge in [0, 0.05) is 12.5 Å². The van der Waals surface area contributed by atoms with E-state index in [1.165, 1.54) is 15.6 Å². The van der Waals surface area contributed by atoms with Gasteiger partial charge in [-0.05, 0) is 63.7 Å². The van der Waals surface area contributed by atoms with Crippen LogP contribution in [-0.2, 0) is 19.4 Å². The first-order chi connectivity index (χ1) is 19.6. The summed E-state index contributed by atoms with van der Waals surface area (Å²) in [5, 5.41) is 4.39. The maximum absolute atomic E-state index is 14.2. The average Bonchev–Trinajstić information content (AvgIpc) is 3.57. The Morgan fingerprint density at radius 2 is 1.74 bits per heavy atom. The molecule has 6 aliphatic rings. The van der Waals surface area contributed by atoms with Gasteiger partial charge in [0.25, 0.3) is 5.78 Å². The highest BCUT2D eigenvalue weighted by Gasteiger charge is 2.73. The fourth-order valence-electron chi connectivity index (χ4n) is 8.21. The Labute approximate surface area is 239 Å². The number of sulfone groups is 1. The van der Waals surface area contributed by atoms with E-state index in [-0.39, 0.29) is 86.3 Å². The topological polar surface area (TPSA) is 141 Å². The normalized spacial score (nSPS) is 35.6. The van der Waals surface area contributed by atoms with Crippen LogP contribution in [0.25, 0.3) is 5.78 Å². The van der Waals surface area contributed by atoms with Crippen LogP contribution in [0, 0.1) is 22.7 Å². The minimum atomic E-state index is -4.26. The second-order valence-corrected chi connectivity index (χ2v) is 15.6. The standard InChI is InChI=1S/C27H32F4N6O4S/c28-25-12-24(13-25,14-25)22(39)36-7-8-42(40,41)11-19(36)17-9-33-37-10-18(35-23(37)34-17)20(26(5-6-26)21(32)38)15-1-3-16(4-2-15)27(29,30)31/h9-10,15-16,19-20H,1-8,11-14H2,(H2,32,38)/t15?,16?,19-,20-,24?,25?/m1/s1. The summed E-state index contributed by atoms with van der Waals surface area (Å²) in [6, 6.07) is -0.910. The Balaban J connectivity index is 1.20. The molecule has 1 aliphatic heterocycles. The van der Waals surface area contributed by atoms with Crippen molar-refractivity contribution in [3.8, 4) is 0 Å². The van der Waals surface area contributed by atoms with E-state index in [4.69, 9.17) is 5.73 Å². The molecule has 42 heavy (non-hydrogen) atoms. The molecule has 10 nitrogen and oxygen atoms in total. The lowest BCUT2D eigenvalue weighted by molar-refractivity contribution is -0.223. The van der Waals surface area contributed by atoms with Crippen LogP contribution in [0.3, 0.4) is 0 Å². The Hall–Kier alpha value is -2.84. The minimum absolute atomic E-state index is 0.0246. The Morgan fingerprint density at radius 1 is 1.07 bits per heavy atom. The fraction of sp³-hybridized carbons (Fsp3) is 0.741. The van der Waals surface area contributed by atoms with Crippen molar-refractivity contribution in [3.05, 3.63) is 23.8 Å². The van der Waals surface area contributed by atoms with Crippen molar-refractivity contribution in [1.29, 1.82) is 0 Å². The largest absolute Gasteiger partial charge is 0.391 e. The molecule has 3 heterocycles. The van der Waals surface area contributed by atoms with E-state index in [1.54, 1.807) is 6.20 Å². The molecule has 5 aliphatic carbocycles. The maximum atomic E-state index is 14.2. The SMILES string of the molecule is NC(=O)C1([C@@H](c2cn3ncc([C@H]4CS(=O)(=O)CCN4C(=O)C45CC(F)(C4)C5)nc3n2)C2CCC(C(F)(F)F)CC2)CC1. The molecular formula is C27H32F4N6O4S. The number of hydrogen-bond acceptors (Lipinski definition) is 7. The Morgan fingerprint density at radius 3 is 2.31 bits per heavy atom. The van der Waals surface area contributed by atoms with Gasteiger partial charge in [-0.25, -0.2) is 27.3 Å². The van der Waals surface area contributed by atoms with Gasteiger partial charge in [0.15, 0.2) is 9.84 Å². The fourth-order valence-corrected chi connectivity index (χ4v) is 9.68. The molecule has 15 heteroatoms. The molecule has 0 spiro atoms. The lowest BCUT2D eigenvalue weighted by Gasteiger charge is -2.65. The molecule has 8 rings (SSSR count). The van der Waals surface area contributed by atoms with Crippen LogP contribution in [0.2, 0.25) is 0 Å². The molecule has 2 bridgehead atoms. The number of rotatable bonds is 6. The number of nitrogens with zero attached hydrogens (tertiary/aromatic N) is 5. The number of carbonyl (C=O) groups excluding carboxylic acids is 2. The average molecular weight is 613 g/mol. The van der Waals surface area contributed by atoms with Crippen molar-refractivity contribution in [3.63, 3.8) is 0 Å². The first-order valence-corrected chi connectivity index (χ1v) is 16.3. The van der Waals surface area contributed by atoms with Gasteiger partial charge in [-0.3, -0.25) is 9.59 Å². The van der Waals surface area contributed by atoms with Gasteiger partial charge in [0.05, 0.1) is 58.1 Å². The van der Waals surface area contributed by atoms with Crippen molar-refractivity contribution >= 4 is 27.4 Å². The predicted molar refractivity (Wildman–Crippen MR) is 139 cm³/mol. The number of carbonyl (C=O) groups is 2. The number of alkyl halides is 4. The maximum Gasteiger partial charge on any atom is 0.391 e. The van der Waals surface area contributed by atoms with E-state index in [0.717, 1.165) is 0 Å². The third kappa shape index (κ3) is 4.31. The molecular weight excluding hydrogens is 580 g/mol. The van der Waals surface area contributed by atoms with E-state index >= 15 is 0 Å². The first kappa shape index (κ1) is 28.0. The van der Waals surface area contributed by atoms with E-state index in [9.17, 15) is 35.6 Å². The summed E-state index contributed by atoms with van der Waals surface area (Å²) in [5.41, 5.74) is 3.55. The molecule has 2 aromatic heterocycles. The Kier molecular flexibility index (Phi) is 5.89. The summed E-state index contributed by atoms with van der Waals surface area (Å²) >= 11 is 0. The summed E-state index contributed by atoms with van der Waals surface area (Å²) in [6.45, 7) is -0.0246. The van der Waals surface area contributed by atoms with Crippen molar-refractivity contribution in [2.24, 2.45) is 28.4 Å². The van der Waals surface area contributed by atoms with Crippen LogP contribution < -0.4 is 5.73 Å². The summed E-state index contributed by atoms with van der Waals surface area (Å²) in [4.78, 5) is 36.8. The Bertz CT molecular complexity index is 1560. The van der Waals surface area contributed by atoms with Gasteiger partial charge in [-0.2, -0.15) is 18.3 Å². The molecule has 2 amide bonds. The van der Waals surface area contributed by atoms with E-state index < -0.39 is 56.3 Å². The zero-order valence-electron chi connectivity index (χ0n) is 22.8.